The van der Waals surface area contributed by atoms with Crippen LogP contribution in [0.2, 0.25) is 0 Å². The largest absolute Gasteiger partial charge is 0.496 e. The Kier molecular flexibility index (Phi) is 3.45. The second kappa shape index (κ2) is 5.33. The summed E-state index contributed by atoms with van der Waals surface area (Å²) in [5, 5.41) is 14.0. The van der Waals surface area contributed by atoms with E-state index in [2.05, 4.69) is 11.2 Å². The summed E-state index contributed by atoms with van der Waals surface area (Å²) in [4.78, 5) is 0. The predicted molar refractivity (Wildman–Crippen MR) is 90.5 cm³/mol. The van der Waals surface area contributed by atoms with Crippen LogP contribution in [0.1, 0.15) is 22.3 Å². The zero-order valence-corrected chi connectivity index (χ0v) is 13.6. The van der Waals surface area contributed by atoms with Gasteiger partial charge in [0.1, 0.15) is 17.4 Å². The lowest BCUT2D eigenvalue weighted by Crippen LogP contribution is -2.00. The summed E-state index contributed by atoms with van der Waals surface area (Å²) in [7, 11) is 1.64. The fourth-order valence-electron chi connectivity index (χ4n) is 3.02. The van der Waals surface area contributed by atoms with E-state index in [1.807, 2.05) is 39.0 Å². The number of hydrogen-bond acceptors (Lipinski definition) is 4. The Morgan fingerprint density at radius 2 is 2.00 bits per heavy atom. The Morgan fingerprint density at radius 1 is 1.26 bits per heavy atom. The highest BCUT2D eigenvalue weighted by atomic mass is 16.5. The maximum Gasteiger partial charge on any atom is 0.122 e. The average Bonchev–Trinajstić information content (AvgIpc) is 2.79. The summed E-state index contributed by atoms with van der Waals surface area (Å²) < 4.78 is 7.18. The molecule has 0 amide bonds. The molecule has 1 aromatic carbocycles. The van der Waals surface area contributed by atoms with Gasteiger partial charge in [0, 0.05) is 11.1 Å². The van der Waals surface area contributed by atoms with Crippen molar-refractivity contribution in [1.29, 1.82) is 5.26 Å². The molecule has 0 unspecified atom stereocenters. The Balaban J connectivity index is 2.48. The predicted octanol–water partition coefficient (Wildman–Crippen LogP) is 3.39. The molecule has 5 nitrogen and oxygen atoms in total. The molecule has 0 aliphatic rings. The number of anilines is 1. The van der Waals surface area contributed by atoms with Crippen LogP contribution in [0.3, 0.4) is 0 Å². The number of nitrogens with zero attached hydrogens (tertiary/aromatic N) is 3. The van der Waals surface area contributed by atoms with Crippen LogP contribution in [0.4, 0.5) is 5.69 Å². The van der Waals surface area contributed by atoms with Crippen molar-refractivity contribution in [3.8, 4) is 23.1 Å². The molecule has 0 aliphatic heterocycles. The van der Waals surface area contributed by atoms with Crippen molar-refractivity contribution in [2.45, 2.75) is 20.8 Å². The van der Waals surface area contributed by atoms with E-state index in [0.717, 1.165) is 39.2 Å². The third-order valence-electron chi connectivity index (χ3n) is 4.15. The first-order valence-electron chi connectivity index (χ1n) is 7.31. The first kappa shape index (κ1) is 14.9. The van der Waals surface area contributed by atoms with Gasteiger partial charge in [-0.15, -0.1) is 0 Å². The number of nitrogens with two attached hydrogens (primary N) is 1. The van der Waals surface area contributed by atoms with Crippen molar-refractivity contribution in [2.75, 3.05) is 12.8 Å². The molecule has 2 heterocycles. The van der Waals surface area contributed by atoms with Gasteiger partial charge in [0.05, 0.1) is 30.2 Å². The van der Waals surface area contributed by atoms with Crippen molar-refractivity contribution in [3.05, 3.63) is 46.6 Å². The van der Waals surface area contributed by atoms with Crippen LogP contribution in [0.25, 0.3) is 16.8 Å². The van der Waals surface area contributed by atoms with E-state index in [1.165, 1.54) is 0 Å². The zero-order valence-electron chi connectivity index (χ0n) is 13.6. The van der Waals surface area contributed by atoms with Crippen LogP contribution < -0.4 is 10.5 Å². The van der Waals surface area contributed by atoms with E-state index < -0.39 is 0 Å². The molecule has 0 atom stereocenters. The summed E-state index contributed by atoms with van der Waals surface area (Å²) in [6, 6.07) is 8.05. The summed E-state index contributed by atoms with van der Waals surface area (Å²) in [5.74, 6) is 0.783. The molecule has 3 aromatic rings. The number of benzene rings is 1. The van der Waals surface area contributed by atoms with Crippen LogP contribution in [-0.4, -0.2) is 16.7 Å². The molecule has 0 aliphatic carbocycles. The van der Waals surface area contributed by atoms with Gasteiger partial charge in [0.2, 0.25) is 0 Å². The highest BCUT2D eigenvalue weighted by Crippen LogP contribution is 2.39. The number of rotatable bonds is 2. The maximum absolute atomic E-state index is 9.51. The fourth-order valence-corrected chi connectivity index (χ4v) is 3.02. The lowest BCUT2D eigenvalue weighted by atomic mass is 9.98. The number of nitrogen functional groups attached to an aromatic ring is 1. The van der Waals surface area contributed by atoms with Crippen LogP contribution in [-0.2, 0) is 0 Å². The van der Waals surface area contributed by atoms with E-state index in [4.69, 9.17) is 10.5 Å². The first-order chi connectivity index (χ1) is 11.0. The molecule has 5 heteroatoms. The van der Waals surface area contributed by atoms with E-state index >= 15 is 0 Å². The number of methoxy groups -OCH3 is 1. The lowest BCUT2D eigenvalue weighted by Gasteiger charge is -2.14. The molecule has 0 radical (unpaired) electrons. The molecule has 0 fully saturated rings. The molecular formula is C18H18N4O. The first-order valence-corrected chi connectivity index (χ1v) is 7.31. The third-order valence-corrected chi connectivity index (χ3v) is 4.15. The number of aromatic nitrogens is 2. The smallest absolute Gasteiger partial charge is 0.122 e. The molecule has 3 rings (SSSR count). The Bertz CT molecular complexity index is 964. The standard InChI is InChI=1S/C18H18N4O/c1-10-7-14-13(8-19)17(20)18(22(14)21-9-10)16-11(2)5-6-15(23-4)12(16)3/h5-7,9H,20H2,1-4H3. The molecule has 2 aromatic heterocycles. The SMILES string of the molecule is COc1ccc(C)c(-c2c(N)c(C#N)c3cc(C)cnn23)c1C. The van der Waals surface area contributed by atoms with Gasteiger partial charge in [-0.25, -0.2) is 4.52 Å². The molecule has 2 N–H and O–H groups in total. The van der Waals surface area contributed by atoms with Gasteiger partial charge in [-0.3, -0.25) is 0 Å². The van der Waals surface area contributed by atoms with Crippen LogP contribution in [0.15, 0.2) is 24.4 Å². The molecule has 0 bridgehead atoms. The monoisotopic (exact) mass is 306 g/mol. The molecular weight excluding hydrogens is 288 g/mol. The minimum absolute atomic E-state index is 0.449. The third kappa shape index (κ3) is 2.11. The summed E-state index contributed by atoms with van der Waals surface area (Å²) in [6.45, 7) is 5.94. The highest BCUT2D eigenvalue weighted by Gasteiger charge is 2.22. The molecule has 0 saturated carbocycles. The van der Waals surface area contributed by atoms with Crippen molar-refractivity contribution in [3.63, 3.8) is 0 Å². The molecule has 0 saturated heterocycles. The van der Waals surface area contributed by atoms with Gasteiger partial charge >= 0.3 is 0 Å². The van der Waals surface area contributed by atoms with Crippen LogP contribution in [0, 0.1) is 32.1 Å². The van der Waals surface area contributed by atoms with Crippen molar-refractivity contribution >= 4 is 11.2 Å². The fraction of sp³-hybridized carbons (Fsp3) is 0.222. The van der Waals surface area contributed by atoms with Crippen LogP contribution >= 0.6 is 0 Å². The zero-order chi connectivity index (χ0) is 16.7. The van der Waals surface area contributed by atoms with E-state index in [-0.39, 0.29) is 0 Å². The van der Waals surface area contributed by atoms with Gasteiger partial charge in [-0.1, -0.05) is 6.07 Å². The van der Waals surface area contributed by atoms with Crippen molar-refractivity contribution < 1.29 is 4.74 Å². The van der Waals surface area contributed by atoms with Gasteiger partial charge in [0.25, 0.3) is 0 Å². The van der Waals surface area contributed by atoms with E-state index in [0.29, 0.717) is 11.3 Å². The minimum atomic E-state index is 0.449. The lowest BCUT2D eigenvalue weighted by molar-refractivity contribution is 0.412. The summed E-state index contributed by atoms with van der Waals surface area (Å²) in [6.07, 6.45) is 1.77. The molecule has 116 valence electrons. The van der Waals surface area contributed by atoms with E-state index in [9.17, 15) is 5.26 Å². The Hall–Kier alpha value is -3.00. The topological polar surface area (TPSA) is 76.3 Å². The number of ether oxygens (including phenoxy) is 1. The van der Waals surface area contributed by atoms with Gasteiger partial charge in [0.15, 0.2) is 0 Å². The second-order valence-electron chi connectivity index (χ2n) is 5.66. The Morgan fingerprint density at radius 3 is 2.65 bits per heavy atom. The molecule has 23 heavy (non-hydrogen) atoms. The number of nitriles is 1. The van der Waals surface area contributed by atoms with Gasteiger partial charge in [-0.05, 0) is 44.0 Å². The van der Waals surface area contributed by atoms with Crippen molar-refractivity contribution in [1.82, 2.24) is 9.61 Å². The second-order valence-corrected chi connectivity index (χ2v) is 5.66. The van der Waals surface area contributed by atoms with Crippen LogP contribution in [0.5, 0.6) is 5.75 Å². The quantitative estimate of drug-likeness (QED) is 0.787. The van der Waals surface area contributed by atoms with Gasteiger partial charge in [-0.2, -0.15) is 10.4 Å². The van der Waals surface area contributed by atoms with Gasteiger partial charge < -0.3 is 10.5 Å². The maximum atomic E-state index is 9.51. The molecule has 0 spiro atoms. The number of hydrogen-bond donors (Lipinski definition) is 1. The highest BCUT2D eigenvalue weighted by molar-refractivity contribution is 5.90. The Labute approximate surface area is 134 Å². The number of aryl methyl sites for hydroxylation is 2. The summed E-state index contributed by atoms with van der Waals surface area (Å²) >= 11 is 0. The summed E-state index contributed by atoms with van der Waals surface area (Å²) in [5.41, 5.74) is 12.7. The number of fused-ring (bicyclic) bond motifs is 1. The normalized spacial score (nSPS) is 10.7. The van der Waals surface area contributed by atoms with E-state index in [1.54, 1.807) is 17.8 Å². The minimum Gasteiger partial charge on any atom is -0.496 e. The average molecular weight is 306 g/mol. The van der Waals surface area contributed by atoms with Crippen molar-refractivity contribution in [2.24, 2.45) is 0 Å².